The predicted molar refractivity (Wildman–Crippen MR) is 90.4 cm³/mol. The van der Waals surface area contributed by atoms with Crippen LogP contribution >= 0.6 is 0 Å². The molecule has 1 rings (SSSR count). The topological polar surface area (TPSA) is 52.6 Å². The van der Waals surface area contributed by atoms with Crippen LogP contribution in [0.1, 0.15) is 57.9 Å². The maximum atomic E-state index is 11.6. The molecule has 0 atom stereocenters. The Labute approximate surface area is 138 Å². The zero-order valence-electron chi connectivity index (χ0n) is 14.2. The molecule has 0 aliphatic heterocycles. The van der Waals surface area contributed by atoms with Crippen molar-refractivity contribution in [2.24, 2.45) is 0 Å². The summed E-state index contributed by atoms with van der Waals surface area (Å²) in [4.78, 5) is 23.1. The fraction of sp³-hybridized carbons (Fsp3) is 0.474. The highest BCUT2D eigenvalue weighted by atomic mass is 16.5. The van der Waals surface area contributed by atoms with Crippen LogP contribution in [0.5, 0.6) is 5.75 Å². The molecule has 4 heteroatoms. The molecule has 1 aromatic carbocycles. The van der Waals surface area contributed by atoms with Crippen molar-refractivity contribution in [3.63, 3.8) is 0 Å². The van der Waals surface area contributed by atoms with Crippen LogP contribution in [0.25, 0.3) is 0 Å². The van der Waals surface area contributed by atoms with Crippen LogP contribution in [0.15, 0.2) is 36.4 Å². The standard InChI is InChI=1S/C19H26O4/c1-4-5-6-7-14-22-18(20)12-13-19(21)23-17-10-8-16(9-11-17)15(2)3/h8-13,15H,4-7,14H2,1-3H3/b13-12+. The van der Waals surface area contributed by atoms with Crippen LogP contribution < -0.4 is 4.74 Å². The fourth-order valence-electron chi connectivity index (χ4n) is 1.96. The van der Waals surface area contributed by atoms with E-state index in [0.717, 1.165) is 37.8 Å². The Balaban J connectivity index is 2.33. The van der Waals surface area contributed by atoms with E-state index in [1.165, 1.54) is 5.56 Å². The third-order valence-electron chi connectivity index (χ3n) is 3.36. The second-order valence-electron chi connectivity index (χ2n) is 5.71. The Morgan fingerprint density at radius 1 is 1.00 bits per heavy atom. The summed E-state index contributed by atoms with van der Waals surface area (Å²) in [5.74, 6) is -0.234. The number of esters is 2. The van der Waals surface area contributed by atoms with Gasteiger partial charge in [0.05, 0.1) is 6.61 Å². The van der Waals surface area contributed by atoms with Gasteiger partial charge in [-0.25, -0.2) is 9.59 Å². The molecule has 0 heterocycles. The number of benzene rings is 1. The summed E-state index contributed by atoms with van der Waals surface area (Å²) in [6.45, 7) is 6.70. The van der Waals surface area contributed by atoms with Crippen molar-refractivity contribution < 1.29 is 19.1 Å². The van der Waals surface area contributed by atoms with Crippen molar-refractivity contribution in [2.45, 2.75) is 52.4 Å². The lowest BCUT2D eigenvalue weighted by atomic mass is 10.0. The van der Waals surface area contributed by atoms with Gasteiger partial charge in [-0.3, -0.25) is 0 Å². The molecular formula is C19H26O4. The summed E-state index contributed by atoms with van der Waals surface area (Å²) in [6.07, 6.45) is 6.35. The van der Waals surface area contributed by atoms with Crippen LogP contribution in [-0.4, -0.2) is 18.5 Å². The number of hydrogen-bond acceptors (Lipinski definition) is 4. The Bertz CT molecular complexity index is 515. The number of unbranched alkanes of at least 4 members (excludes halogenated alkanes) is 3. The van der Waals surface area contributed by atoms with Crippen molar-refractivity contribution in [2.75, 3.05) is 6.61 Å². The van der Waals surface area contributed by atoms with E-state index in [4.69, 9.17) is 9.47 Å². The van der Waals surface area contributed by atoms with Gasteiger partial charge in [0.2, 0.25) is 0 Å². The van der Waals surface area contributed by atoms with Crippen molar-refractivity contribution in [3.05, 3.63) is 42.0 Å². The minimum absolute atomic E-state index is 0.384. The van der Waals surface area contributed by atoms with Crippen molar-refractivity contribution in [1.82, 2.24) is 0 Å². The Morgan fingerprint density at radius 2 is 1.65 bits per heavy atom. The Morgan fingerprint density at radius 3 is 2.26 bits per heavy atom. The quantitative estimate of drug-likeness (QED) is 0.293. The first-order valence-electron chi connectivity index (χ1n) is 8.19. The molecule has 0 bridgehead atoms. The van der Waals surface area contributed by atoms with Crippen molar-refractivity contribution in [1.29, 1.82) is 0 Å². The molecule has 0 amide bonds. The van der Waals surface area contributed by atoms with Crippen LogP contribution in [0.2, 0.25) is 0 Å². The van der Waals surface area contributed by atoms with Crippen LogP contribution in [0.3, 0.4) is 0 Å². The second-order valence-corrected chi connectivity index (χ2v) is 5.71. The van der Waals surface area contributed by atoms with Crippen LogP contribution in [0, 0.1) is 0 Å². The molecule has 0 aromatic heterocycles. The van der Waals surface area contributed by atoms with E-state index in [2.05, 4.69) is 20.8 Å². The largest absolute Gasteiger partial charge is 0.463 e. The molecule has 1 aromatic rings. The Hall–Kier alpha value is -2.10. The number of rotatable bonds is 9. The summed E-state index contributed by atoms with van der Waals surface area (Å²) >= 11 is 0. The number of hydrogen-bond donors (Lipinski definition) is 0. The van der Waals surface area contributed by atoms with Gasteiger partial charge in [-0.15, -0.1) is 0 Å². The van der Waals surface area contributed by atoms with Crippen LogP contribution in [0.4, 0.5) is 0 Å². The molecule has 0 aliphatic rings. The lowest BCUT2D eigenvalue weighted by Crippen LogP contribution is -2.07. The highest BCUT2D eigenvalue weighted by Gasteiger charge is 2.04. The minimum Gasteiger partial charge on any atom is -0.463 e. The second kappa shape index (κ2) is 10.6. The van der Waals surface area contributed by atoms with Gasteiger partial charge in [-0.05, 0) is 30.0 Å². The molecule has 0 radical (unpaired) electrons. The molecular weight excluding hydrogens is 292 g/mol. The zero-order valence-corrected chi connectivity index (χ0v) is 14.2. The normalized spacial score (nSPS) is 11.0. The van der Waals surface area contributed by atoms with Crippen LogP contribution in [-0.2, 0) is 14.3 Å². The third kappa shape index (κ3) is 8.19. The van der Waals surface area contributed by atoms with Gasteiger partial charge in [-0.2, -0.15) is 0 Å². The lowest BCUT2D eigenvalue weighted by Gasteiger charge is -2.06. The van der Waals surface area contributed by atoms with E-state index >= 15 is 0 Å². The maximum absolute atomic E-state index is 11.6. The van der Waals surface area contributed by atoms with Gasteiger partial charge in [0, 0.05) is 12.2 Å². The number of carbonyl (C=O) groups excluding carboxylic acids is 2. The summed E-state index contributed by atoms with van der Waals surface area (Å²) in [5, 5.41) is 0. The molecule has 4 nitrogen and oxygen atoms in total. The average molecular weight is 318 g/mol. The van der Waals surface area contributed by atoms with E-state index in [1.54, 1.807) is 12.1 Å². The average Bonchev–Trinajstić information content (AvgIpc) is 2.53. The lowest BCUT2D eigenvalue weighted by molar-refractivity contribution is -0.138. The van der Waals surface area contributed by atoms with Gasteiger partial charge in [0.25, 0.3) is 0 Å². The maximum Gasteiger partial charge on any atom is 0.336 e. The molecule has 0 aliphatic carbocycles. The van der Waals surface area contributed by atoms with E-state index in [9.17, 15) is 9.59 Å². The van der Waals surface area contributed by atoms with Crippen molar-refractivity contribution in [3.8, 4) is 5.75 Å². The summed E-state index contributed by atoms with van der Waals surface area (Å²) in [6, 6.07) is 7.32. The highest BCUT2D eigenvalue weighted by Crippen LogP contribution is 2.18. The number of carbonyl (C=O) groups is 2. The molecule has 0 fully saturated rings. The third-order valence-corrected chi connectivity index (χ3v) is 3.36. The molecule has 0 saturated carbocycles. The molecule has 0 saturated heterocycles. The molecule has 0 unspecified atom stereocenters. The smallest absolute Gasteiger partial charge is 0.336 e. The van der Waals surface area contributed by atoms with Gasteiger partial charge < -0.3 is 9.47 Å². The highest BCUT2D eigenvalue weighted by molar-refractivity contribution is 5.92. The minimum atomic E-state index is -0.592. The summed E-state index contributed by atoms with van der Waals surface area (Å²) < 4.78 is 10.1. The van der Waals surface area contributed by atoms with Gasteiger partial charge in [-0.1, -0.05) is 52.2 Å². The zero-order chi connectivity index (χ0) is 17.1. The summed E-state index contributed by atoms with van der Waals surface area (Å²) in [5.41, 5.74) is 1.17. The predicted octanol–water partition coefficient (Wildman–Crippen LogP) is 4.40. The van der Waals surface area contributed by atoms with E-state index in [0.29, 0.717) is 18.3 Å². The SMILES string of the molecule is CCCCCCOC(=O)/C=C/C(=O)Oc1ccc(C(C)C)cc1. The first-order chi connectivity index (χ1) is 11.0. The van der Waals surface area contributed by atoms with E-state index < -0.39 is 11.9 Å². The first kappa shape index (κ1) is 18.9. The molecule has 23 heavy (non-hydrogen) atoms. The van der Waals surface area contributed by atoms with Gasteiger partial charge >= 0.3 is 11.9 Å². The molecule has 126 valence electrons. The number of ether oxygens (including phenoxy) is 2. The van der Waals surface area contributed by atoms with Crippen molar-refractivity contribution >= 4 is 11.9 Å². The van der Waals surface area contributed by atoms with E-state index in [-0.39, 0.29) is 0 Å². The molecule has 0 spiro atoms. The summed E-state index contributed by atoms with van der Waals surface area (Å²) in [7, 11) is 0. The Kier molecular flexibility index (Phi) is 8.73. The first-order valence-corrected chi connectivity index (χ1v) is 8.19. The van der Waals surface area contributed by atoms with Gasteiger partial charge in [0.15, 0.2) is 0 Å². The fourth-order valence-corrected chi connectivity index (χ4v) is 1.96. The monoisotopic (exact) mass is 318 g/mol. The van der Waals surface area contributed by atoms with E-state index in [1.807, 2.05) is 12.1 Å². The van der Waals surface area contributed by atoms with Gasteiger partial charge in [0.1, 0.15) is 5.75 Å². The molecule has 0 N–H and O–H groups in total.